The number of anilines is 1. The van der Waals surface area contributed by atoms with Crippen LogP contribution < -0.4 is 4.72 Å². The average molecular weight is 350 g/mol. The summed E-state index contributed by atoms with van der Waals surface area (Å²) in [6, 6.07) is 2.83. The van der Waals surface area contributed by atoms with E-state index in [1.54, 1.807) is 0 Å². The molecule has 0 saturated carbocycles. The van der Waals surface area contributed by atoms with E-state index in [1.165, 1.54) is 30.7 Å². The second-order valence-corrected chi connectivity index (χ2v) is 6.09. The van der Waals surface area contributed by atoms with Crippen LogP contribution in [0.4, 0.5) is 5.82 Å². The van der Waals surface area contributed by atoms with Gasteiger partial charge in [0.05, 0.1) is 0 Å². The van der Waals surface area contributed by atoms with E-state index in [0.717, 1.165) is 0 Å². The minimum absolute atomic E-state index is 0.0200. The molecule has 0 saturated heterocycles. The van der Waals surface area contributed by atoms with Crippen LogP contribution in [0.15, 0.2) is 40.1 Å². The van der Waals surface area contributed by atoms with Crippen LogP contribution in [-0.4, -0.2) is 23.4 Å². The number of pyridine rings is 1. The molecule has 0 bridgehead atoms. The quantitative estimate of drug-likeness (QED) is 0.858. The molecule has 0 radical (unpaired) electrons. The summed E-state index contributed by atoms with van der Waals surface area (Å²) < 4.78 is 26.8. The summed E-state index contributed by atoms with van der Waals surface area (Å²) in [4.78, 5) is 11.2. The smallest absolute Gasteiger partial charge is 0.263 e. The van der Waals surface area contributed by atoms with Crippen LogP contribution >= 0.6 is 27.5 Å². The second-order valence-electron chi connectivity index (χ2n) is 3.16. The molecule has 0 aliphatic heterocycles. The Morgan fingerprint density at radius 1 is 1.33 bits per heavy atom. The molecule has 0 aliphatic rings. The van der Waals surface area contributed by atoms with E-state index in [0.29, 0.717) is 4.47 Å². The Hall–Kier alpha value is -1.25. The highest BCUT2D eigenvalue weighted by atomic mass is 79.9. The number of nitrogens with zero attached hydrogens (tertiary/aromatic N) is 3. The van der Waals surface area contributed by atoms with Gasteiger partial charge in [-0.25, -0.2) is 13.4 Å². The third kappa shape index (κ3) is 3.15. The second kappa shape index (κ2) is 5.17. The van der Waals surface area contributed by atoms with Crippen LogP contribution in [0.25, 0.3) is 0 Å². The molecule has 0 aromatic carbocycles. The Balaban J connectivity index is 2.33. The topological polar surface area (TPSA) is 84.8 Å². The number of rotatable bonds is 3. The fourth-order valence-electron chi connectivity index (χ4n) is 1.13. The predicted molar refractivity (Wildman–Crippen MR) is 69.8 cm³/mol. The first-order chi connectivity index (χ1) is 8.47. The van der Waals surface area contributed by atoms with Crippen LogP contribution in [0.3, 0.4) is 0 Å². The minimum Gasteiger partial charge on any atom is -0.263 e. The molecule has 0 atom stereocenters. The van der Waals surface area contributed by atoms with E-state index >= 15 is 0 Å². The van der Waals surface area contributed by atoms with Crippen molar-refractivity contribution in [3.05, 3.63) is 40.5 Å². The summed E-state index contributed by atoms with van der Waals surface area (Å²) in [7, 11) is -3.74. The van der Waals surface area contributed by atoms with Gasteiger partial charge in [0.1, 0.15) is 10.7 Å². The normalized spacial score (nSPS) is 11.2. The summed E-state index contributed by atoms with van der Waals surface area (Å²) in [5.41, 5.74) is 0. The minimum atomic E-state index is -3.74. The number of hydrogen-bond donors (Lipinski definition) is 1. The first kappa shape index (κ1) is 13.2. The number of sulfonamides is 1. The zero-order valence-corrected chi connectivity index (χ0v) is 11.9. The van der Waals surface area contributed by atoms with Crippen molar-refractivity contribution in [1.29, 1.82) is 0 Å². The van der Waals surface area contributed by atoms with Crippen molar-refractivity contribution in [2.75, 3.05) is 4.72 Å². The van der Waals surface area contributed by atoms with E-state index in [2.05, 4.69) is 35.6 Å². The summed E-state index contributed by atoms with van der Waals surface area (Å²) in [5.74, 6) is 0.0926. The molecule has 0 fully saturated rings. The number of halogens is 2. The Morgan fingerprint density at radius 2 is 2.11 bits per heavy atom. The van der Waals surface area contributed by atoms with E-state index in [1.807, 2.05) is 0 Å². The maximum atomic E-state index is 12.0. The molecule has 2 heterocycles. The highest BCUT2D eigenvalue weighted by Crippen LogP contribution is 2.17. The molecule has 1 N–H and O–H groups in total. The monoisotopic (exact) mass is 348 g/mol. The van der Waals surface area contributed by atoms with Crippen LogP contribution in [-0.2, 0) is 10.0 Å². The summed E-state index contributed by atoms with van der Waals surface area (Å²) >= 11 is 8.72. The molecule has 2 aromatic rings. The SMILES string of the molecule is O=S(=O)(Nc1ccnc(Cl)n1)c1cncc(Br)c1. The zero-order chi connectivity index (χ0) is 13.2. The Morgan fingerprint density at radius 3 is 2.78 bits per heavy atom. The largest absolute Gasteiger partial charge is 0.264 e. The van der Waals surface area contributed by atoms with E-state index in [4.69, 9.17) is 11.6 Å². The van der Waals surface area contributed by atoms with Crippen molar-refractivity contribution in [1.82, 2.24) is 15.0 Å². The number of aromatic nitrogens is 3. The maximum Gasteiger partial charge on any atom is 0.264 e. The van der Waals surface area contributed by atoms with E-state index < -0.39 is 10.0 Å². The van der Waals surface area contributed by atoms with Gasteiger partial charge in [-0.05, 0) is 39.7 Å². The van der Waals surface area contributed by atoms with Crippen molar-refractivity contribution < 1.29 is 8.42 Å². The van der Waals surface area contributed by atoms with E-state index in [9.17, 15) is 8.42 Å². The molecule has 0 unspecified atom stereocenters. The molecule has 6 nitrogen and oxygen atoms in total. The average Bonchev–Trinajstić information content (AvgIpc) is 2.28. The number of hydrogen-bond acceptors (Lipinski definition) is 5. The lowest BCUT2D eigenvalue weighted by Gasteiger charge is -2.06. The van der Waals surface area contributed by atoms with Crippen LogP contribution in [0.2, 0.25) is 5.28 Å². The Labute approximate surface area is 117 Å². The fraction of sp³-hybridized carbons (Fsp3) is 0. The number of nitrogens with one attached hydrogen (secondary N) is 1. The highest BCUT2D eigenvalue weighted by Gasteiger charge is 2.15. The first-order valence-electron chi connectivity index (χ1n) is 4.59. The van der Waals surface area contributed by atoms with Gasteiger partial charge in [0.2, 0.25) is 5.28 Å². The highest BCUT2D eigenvalue weighted by molar-refractivity contribution is 9.10. The van der Waals surface area contributed by atoms with Gasteiger partial charge in [0, 0.05) is 23.1 Å². The third-order valence-corrected chi connectivity index (χ3v) is 3.79. The molecule has 0 aliphatic carbocycles. The van der Waals surface area contributed by atoms with Gasteiger partial charge in [-0.15, -0.1) is 0 Å². The van der Waals surface area contributed by atoms with Gasteiger partial charge in [-0.2, -0.15) is 4.98 Å². The molecular formula is C9H6BrClN4O2S. The molecule has 2 rings (SSSR count). The molecule has 9 heteroatoms. The van der Waals surface area contributed by atoms with Gasteiger partial charge in [0.25, 0.3) is 10.0 Å². The van der Waals surface area contributed by atoms with Crippen molar-refractivity contribution in [2.24, 2.45) is 0 Å². The van der Waals surface area contributed by atoms with Crippen LogP contribution in [0, 0.1) is 0 Å². The molecule has 18 heavy (non-hydrogen) atoms. The lowest BCUT2D eigenvalue weighted by molar-refractivity contribution is 0.600. The molecular weight excluding hydrogens is 344 g/mol. The molecule has 94 valence electrons. The maximum absolute atomic E-state index is 12.0. The predicted octanol–water partition coefficient (Wildman–Crippen LogP) is 2.09. The summed E-state index contributed by atoms with van der Waals surface area (Å²) in [6.07, 6.45) is 4.07. The van der Waals surface area contributed by atoms with E-state index in [-0.39, 0.29) is 16.0 Å². The zero-order valence-electron chi connectivity index (χ0n) is 8.71. The van der Waals surface area contributed by atoms with Crippen LogP contribution in [0.5, 0.6) is 0 Å². The summed E-state index contributed by atoms with van der Waals surface area (Å²) in [6.45, 7) is 0. The summed E-state index contributed by atoms with van der Waals surface area (Å²) in [5, 5.41) is -0.0393. The Bertz CT molecular complexity index is 680. The lowest BCUT2D eigenvalue weighted by Crippen LogP contribution is -2.14. The van der Waals surface area contributed by atoms with Crippen LogP contribution in [0.1, 0.15) is 0 Å². The van der Waals surface area contributed by atoms with Gasteiger partial charge in [-0.3, -0.25) is 9.71 Å². The van der Waals surface area contributed by atoms with Gasteiger partial charge in [-0.1, -0.05) is 0 Å². The van der Waals surface area contributed by atoms with Crippen molar-refractivity contribution in [3.63, 3.8) is 0 Å². The third-order valence-electron chi connectivity index (χ3n) is 1.86. The van der Waals surface area contributed by atoms with Crippen molar-refractivity contribution in [3.8, 4) is 0 Å². The van der Waals surface area contributed by atoms with Crippen molar-refractivity contribution >= 4 is 43.4 Å². The van der Waals surface area contributed by atoms with Gasteiger partial charge in [0.15, 0.2) is 0 Å². The lowest BCUT2D eigenvalue weighted by atomic mass is 10.5. The molecule has 0 spiro atoms. The molecule has 0 amide bonds. The van der Waals surface area contributed by atoms with Crippen molar-refractivity contribution in [2.45, 2.75) is 4.90 Å². The fourth-order valence-corrected chi connectivity index (χ4v) is 2.78. The van der Waals surface area contributed by atoms with Gasteiger partial charge < -0.3 is 0 Å². The molecule has 2 aromatic heterocycles. The van der Waals surface area contributed by atoms with Gasteiger partial charge >= 0.3 is 0 Å². The standard InChI is InChI=1S/C9H6BrClN4O2S/c10-6-3-7(5-12-4-6)18(16,17)15-8-1-2-13-9(11)14-8/h1-5H,(H,13,14,15). The Kier molecular flexibility index (Phi) is 3.79. The first-order valence-corrected chi connectivity index (χ1v) is 7.25.